The molecule has 0 fully saturated rings. The van der Waals surface area contributed by atoms with Crippen molar-refractivity contribution in [2.75, 3.05) is 33.1 Å². The highest BCUT2D eigenvalue weighted by atomic mass is 16.6. The summed E-state index contributed by atoms with van der Waals surface area (Å²) >= 11 is 0. The molecule has 192 valence electrons. The molecule has 4 rings (SSSR count). The summed E-state index contributed by atoms with van der Waals surface area (Å²) in [5.74, 6) is -1.42. The molecule has 0 aliphatic heterocycles. The number of nitrogens with zero attached hydrogens (tertiary/aromatic N) is 2. The molecular weight excluding hydrogens is 472 g/mol. The first-order chi connectivity index (χ1) is 16.8. The van der Waals surface area contributed by atoms with Crippen molar-refractivity contribution in [1.82, 2.24) is 4.90 Å². The number of carbonyl (C=O) groups excluding carboxylic acids is 4. The second kappa shape index (κ2) is 8.35. The molecule has 0 saturated carbocycles. The summed E-state index contributed by atoms with van der Waals surface area (Å²) in [6.07, 6.45) is -0.0784. The monoisotopic (exact) mass is 500 g/mol. The van der Waals surface area contributed by atoms with E-state index in [1.807, 2.05) is 0 Å². The van der Waals surface area contributed by atoms with Crippen LogP contribution in [0.2, 0.25) is 0 Å². The fourth-order valence-corrected chi connectivity index (χ4v) is 5.60. The van der Waals surface area contributed by atoms with Crippen LogP contribution in [0, 0.1) is 11.8 Å². The van der Waals surface area contributed by atoms with Crippen LogP contribution < -0.4 is 16.5 Å². The molecule has 0 unspecified atom stereocenters. The molecular formula is C24H28N4O8. The van der Waals surface area contributed by atoms with E-state index in [4.69, 9.17) is 16.5 Å². The Labute approximate surface area is 206 Å². The van der Waals surface area contributed by atoms with Crippen molar-refractivity contribution < 1.29 is 39.3 Å². The number of aliphatic hydroxyl groups excluding tert-OH is 1. The molecule has 2 amide bonds. The first-order valence-corrected chi connectivity index (χ1v) is 11.2. The van der Waals surface area contributed by atoms with Crippen molar-refractivity contribution in [3.8, 4) is 5.75 Å². The molecule has 12 nitrogen and oxygen atoms in total. The maximum atomic E-state index is 13.9. The molecule has 3 atom stereocenters. The number of phenols is 1. The van der Waals surface area contributed by atoms with Crippen LogP contribution in [0.1, 0.15) is 39.1 Å². The number of aliphatic hydroxyl groups is 2. The number of benzene rings is 1. The topological polar surface area (TPSA) is 197 Å². The van der Waals surface area contributed by atoms with Gasteiger partial charge in [0.25, 0.3) is 11.8 Å². The summed E-state index contributed by atoms with van der Waals surface area (Å²) in [5, 5.41) is 33.5. The van der Waals surface area contributed by atoms with Crippen molar-refractivity contribution in [3.05, 3.63) is 45.4 Å². The number of rotatable bonds is 4. The lowest BCUT2D eigenvalue weighted by Gasteiger charge is -2.47. The number of primary amides is 1. The van der Waals surface area contributed by atoms with Gasteiger partial charge in [-0.2, -0.15) is 5.90 Å². The van der Waals surface area contributed by atoms with Crippen molar-refractivity contribution in [2.45, 2.75) is 24.9 Å². The Hall–Kier alpha value is -3.90. The second-order valence-electron chi connectivity index (χ2n) is 9.74. The molecule has 0 aromatic heterocycles. The minimum atomic E-state index is -2.46. The van der Waals surface area contributed by atoms with Gasteiger partial charge in [-0.3, -0.25) is 19.2 Å². The molecule has 7 N–H and O–H groups in total. The third-order valence-corrected chi connectivity index (χ3v) is 7.26. The van der Waals surface area contributed by atoms with Gasteiger partial charge in [-0.1, -0.05) is 0 Å². The molecule has 1 aromatic carbocycles. The maximum Gasteiger partial charge on any atom is 0.257 e. The van der Waals surface area contributed by atoms with Gasteiger partial charge >= 0.3 is 0 Å². The molecule has 36 heavy (non-hydrogen) atoms. The number of Topliss-reactive ketones (excluding diaryl/α,β-unsaturated/α-hetero) is 2. The summed E-state index contributed by atoms with van der Waals surface area (Å²) in [6.45, 7) is 0. The van der Waals surface area contributed by atoms with Crippen molar-refractivity contribution in [2.24, 2.45) is 23.5 Å². The van der Waals surface area contributed by atoms with E-state index in [-0.39, 0.29) is 36.0 Å². The molecule has 0 radical (unpaired) electrons. The molecule has 0 spiro atoms. The van der Waals surface area contributed by atoms with E-state index in [9.17, 15) is 34.5 Å². The molecule has 0 saturated heterocycles. The number of ketones is 2. The normalized spacial score (nSPS) is 25.2. The Morgan fingerprint density at radius 1 is 1.14 bits per heavy atom. The molecule has 1 aromatic rings. The lowest BCUT2D eigenvalue weighted by Crippen LogP contribution is -2.54. The number of hydrogen-bond donors (Lipinski definition) is 5. The van der Waals surface area contributed by atoms with E-state index in [0.717, 1.165) is 0 Å². The maximum absolute atomic E-state index is 13.9. The lowest BCUT2D eigenvalue weighted by atomic mass is 9.60. The van der Waals surface area contributed by atoms with Gasteiger partial charge in [0.15, 0.2) is 22.9 Å². The van der Waals surface area contributed by atoms with Crippen LogP contribution in [0.5, 0.6) is 5.75 Å². The van der Waals surface area contributed by atoms with E-state index >= 15 is 0 Å². The fraction of sp³-hybridized carbons (Fsp3) is 0.417. The Bertz CT molecular complexity index is 1300. The SMILES string of the molecule is CN(C)C(=O)c1cc(N(C)C)c2c(c1O)C(=O)C1=C(ON)[C@]3(O)C(O)=C(C(N)=O)C(=O)C[C@@H]3C[C@@H]1C2. The minimum absolute atomic E-state index is 0.0672. The predicted octanol–water partition coefficient (Wildman–Crippen LogP) is -0.319. The molecule has 3 aliphatic carbocycles. The van der Waals surface area contributed by atoms with E-state index in [1.165, 1.54) is 25.1 Å². The summed E-state index contributed by atoms with van der Waals surface area (Å²) in [6, 6.07) is 1.51. The smallest absolute Gasteiger partial charge is 0.257 e. The molecule has 0 heterocycles. The third kappa shape index (κ3) is 3.28. The zero-order valence-corrected chi connectivity index (χ0v) is 20.3. The Kier molecular flexibility index (Phi) is 5.84. The number of allylic oxidation sites excluding steroid dienone is 1. The van der Waals surface area contributed by atoms with Crippen LogP contribution >= 0.6 is 0 Å². The highest BCUT2D eigenvalue weighted by Crippen LogP contribution is 2.54. The standard InChI is InChI=1S/C24H28N4O8/c1-27(2)13-8-12(23(34)28(3)4)18(30)16-11(13)6-9-5-10-7-14(29)17(22(25)33)20(32)24(10,35)21(36-26)15(9)19(16)31/h8-10,30,32,35H,5-7,26H2,1-4H3,(H2,25,33)/t9-,10+,24-/m1/s1. The van der Waals surface area contributed by atoms with Gasteiger partial charge < -0.3 is 35.7 Å². The van der Waals surface area contributed by atoms with E-state index in [2.05, 4.69) is 0 Å². The zero-order chi connectivity index (χ0) is 26.9. The largest absolute Gasteiger partial charge is 0.508 e. The number of fused-ring (bicyclic) bond motifs is 3. The van der Waals surface area contributed by atoms with Crippen LogP contribution in [0.25, 0.3) is 0 Å². The number of anilines is 1. The van der Waals surface area contributed by atoms with Crippen LogP contribution in [0.15, 0.2) is 28.7 Å². The summed E-state index contributed by atoms with van der Waals surface area (Å²) < 4.78 is 0. The number of hydrogen-bond acceptors (Lipinski definition) is 10. The first kappa shape index (κ1) is 25.2. The number of carbonyl (C=O) groups is 4. The minimum Gasteiger partial charge on any atom is -0.508 e. The average molecular weight is 501 g/mol. The highest BCUT2D eigenvalue weighted by molar-refractivity contribution is 6.21. The molecule has 12 heteroatoms. The van der Waals surface area contributed by atoms with Crippen LogP contribution in [0.3, 0.4) is 0 Å². The Morgan fingerprint density at radius 2 is 1.78 bits per heavy atom. The van der Waals surface area contributed by atoms with Gasteiger partial charge in [-0.05, 0) is 30.4 Å². The van der Waals surface area contributed by atoms with Gasteiger partial charge in [0.05, 0.1) is 11.1 Å². The zero-order valence-electron chi connectivity index (χ0n) is 20.3. The number of amides is 2. The van der Waals surface area contributed by atoms with Crippen molar-refractivity contribution >= 4 is 29.1 Å². The van der Waals surface area contributed by atoms with Crippen LogP contribution in [0.4, 0.5) is 5.69 Å². The number of nitrogens with two attached hydrogens (primary N) is 2. The van der Waals surface area contributed by atoms with Gasteiger partial charge in [0.1, 0.15) is 17.1 Å². The number of aromatic hydroxyl groups is 1. The van der Waals surface area contributed by atoms with E-state index < -0.39 is 63.7 Å². The summed E-state index contributed by atoms with van der Waals surface area (Å²) in [5.41, 5.74) is 2.65. The predicted molar refractivity (Wildman–Crippen MR) is 126 cm³/mol. The Balaban J connectivity index is 2.02. The van der Waals surface area contributed by atoms with Gasteiger partial charge in [-0.25, -0.2) is 0 Å². The van der Waals surface area contributed by atoms with Gasteiger partial charge in [0, 0.05) is 51.8 Å². The second-order valence-corrected chi connectivity index (χ2v) is 9.74. The van der Waals surface area contributed by atoms with E-state index in [1.54, 1.807) is 19.0 Å². The average Bonchev–Trinajstić information content (AvgIpc) is 2.78. The third-order valence-electron chi connectivity index (χ3n) is 7.26. The Morgan fingerprint density at radius 3 is 2.31 bits per heavy atom. The van der Waals surface area contributed by atoms with Crippen LogP contribution in [-0.2, 0) is 20.8 Å². The van der Waals surface area contributed by atoms with Gasteiger partial charge in [-0.15, -0.1) is 0 Å². The summed E-state index contributed by atoms with van der Waals surface area (Å²) in [4.78, 5) is 59.0. The van der Waals surface area contributed by atoms with E-state index in [0.29, 0.717) is 11.3 Å². The first-order valence-electron chi connectivity index (χ1n) is 11.2. The summed E-state index contributed by atoms with van der Waals surface area (Å²) in [7, 11) is 6.47. The van der Waals surface area contributed by atoms with Crippen molar-refractivity contribution in [1.29, 1.82) is 0 Å². The molecule has 0 bridgehead atoms. The van der Waals surface area contributed by atoms with Gasteiger partial charge in [0.2, 0.25) is 0 Å². The fourth-order valence-electron chi connectivity index (χ4n) is 5.60. The quantitative estimate of drug-likeness (QED) is 0.270. The van der Waals surface area contributed by atoms with Crippen LogP contribution in [-0.4, -0.2) is 77.4 Å². The highest BCUT2D eigenvalue weighted by Gasteiger charge is 2.59. The molecule has 3 aliphatic rings. The number of phenolic OH excluding ortho intramolecular Hbond substituents is 1. The van der Waals surface area contributed by atoms with Crippen molar-refractivity contribution in [3.63, 3.8) is 0 Å². The lowest BCUT2D eigenvalue weighted by molar-refractivity contribution is -0.129.